The molecule has 0 aliphatic rings. The van der Waals surface area contributed by atoms with E-state index < -0.39 is 36.4 Å². The van der Waals surface area contributed by atoms with Crippen molar-refractivity contribution >= 4 is 11.9 Å². The number of carboxylic acids is 1. The molecule has 100 valence electrons. The number of carbonyl (C=O) groups is 2. The lowest BCUT2D eigenvalue weighted by molar-refractivity contribution is -0.274. The maximum atomic E-state index is 12.6. The van der Waals surface area contributed by atoms with Gasteiger partial charge in [0.15, 0.2) is 0 Å². The zero-order chi connectivity index (χ0) is 14.0. The first kappa shape index (κ1) is 15.6. The second-order valence-electron chi connectivity index (χ2n) is 3.50. The Morgan fingerprint density at radius 2 is 1.65 bits per heavy atom. The van der Waals surface area contributed by atoms with Crippen LogP contribution < -0.4 is 0 Å². The minimum Gasteiger partial charge on any atom is -0.481 e. The lowest BCUT2D eigenvalue weighted by Gasteiger charge is -2.25. The van der Waals surface area contributed by atoms with Crippen LogP contribution in [0, 0.1) is 5.92 Å². The summed E-state index contributed by atoms with van der Waals surface area (Å²) in [7, 11) is 0.682. The first-order valence-electron chi connectivity index (χ1n) is 4.34. The summed E-state index contributed by atoms with van der Waals surface area (Å²) in [5.41, 5.74) is 0. The summed E-state index contributed by atoms with van der Waals surface area (Å²) in [6.07, 6.45) is -6.00. The van der Waals surface area contributed by atoms with Gasteiger partial charge in [0.25, 0.3) is 0 Å². The van der Waals surface area contributed by atoms with Crippen molar-refractivity contribution in [1.29, 1.82) is 0 Å². The predicted molar refractivity (Wildman–Crippen MR) is 45.4 cm³/mol. The molecule has 0 aromatic heterocycles. The van der Waals surface area contributed by atoms with Crippen molar-refractivity contribution in [2.75, 3.05) is 13.6 Å². The number of hydrogen-bond donors (Lipinski definition) is 1. The lowest BCUT2D eigenvalue weighted by Crippen LogP contribution is -2.52. The third-order valence-electron chi connectivity index (χ3n) is 1.94. The molecule has 1 atom stereocenters. The number of rotatable bonds is 4. The summed E-state index contributed by atoms with van der Waals surface area (Å²) >= 11 is 0. The SMILES string of the molecule is CC(CN(C)C(=O)C(F)(F)C(F)(F)F)C(=O)O. The summed E-state index contributed by atoms with van der Waals surface area (Å²) in [5.74, 6) is -10.6. The quantitative estimate of drug-likeness (QED) is 0.779. The molecular formula is C8H10F5NO3. The minimum absolute atomic E-state index is 0.0479. The minimum atomic E-state index is -6.00. The average Bonchev–Trinajstić information content (AvgIpc) is 2.14. The molecule has 0 spiro atoms. The van der Waals surface area contributed by atoms with Gasteiger partial charge in [0, 0.05) is 13.6 Å². The van der Waals surface area contributed by atoms with Crippen LogP contribution >= 0.6 is 0 Å². The van der Waals surface area contributed by atoms with Gasteiger partial charge in [-0.15, -0.1) is 0 Å². The van der Waals surface area contributed by atoms with E-state index in [0.29, 0.717) is 7.05 Å². The number of amides is 1. The third-order valence-corrected chi connectivity index (χ3v) is 1.94. The van der Waals surface area contributed by atoms with E-state index in [2.05, 4.69) is 0 Å². The van der Waals surface area contributed by atoms with E-state index in [1.807, 2.05) is 0 Å². The van der Waals surface area contributed by atoms with Gasteiger partial charge >= 0.3 is 24.0 Å². The molecule has 0 saturated heterocycles. The first-order valence-corrected chi connectivity index (χ1v) is 4.34. The number of aliphatic carboxylic acids is 1. The second-order valence-corrected chi connectivity index (χ2v) is 3.50. The molecular weight excluding hydrogens is 253 g/mol. The second kappa shape index (κ2) is 4.84. The molecule has 0 saturated carbocycles. The Bertz CT molecular complexity index is 315. The van der Waals surface area contributed by atoms with Gasteiger partial charge in [-0.05, 0) is 0 Å². The highest BCUT2D eigenvalue weighted by atomic mass is 19.4. The van der Waals surface area contributed by atoms with Crippen molar-refractivity contribution in [3.63, 3.8) is 0 Å². The summed E-state index contributed by atoms with van der Waals surface area (Å²) < 4.78 is 60.6. The van der Waals surface area contributed by atoms with E-state index >= 15 is 0 Å². The first-order chi connectivity index (χ1) is 7.41. The Labute approximate surface area is 93.0 Å². The van der Waals surface area contributed by atoms with Gasteiger partial charge in [0.1, 0.15) is 0 Å². The summed E-state index contributed by atoms with van der Waals surface area (Å²) in [4.78, 5) is 21.2. The van der Waals surface area contributed by atoms with E-state index in [4.69, 9.17) is 5.11 Å². The van der Waals surface area contributed by atoms with Crippen molar-refractivity contribution in [3.05, 3.63) is 0 Å². The monoisotopic (exact) mass is 263 g/mol. The fourth-order valence-electron chi connectivity index (χ4n) is 0.933. The molecule has 0 aliphatic heterocycles. The molecule has 17 heavy (non-hydrogen) atoms. The Morgan fingerprint density at radius 1 is 1.24 bits per heavy atom. The normalized spacial score (nSPS) is 14.3. The van der Waals surface area contributed by atoms with Crippen molar-refractivity contribution in [2.45, 2.75) is 19.0 Å². The zero-order valence-corrected chi connectivity index (χ0v) is 8.89. The maximum Gasteiger partial charge on any atom is 0.463 e. The van der Waals surface area contributed by atoms with Crippen LogP contribution in [-0.4, -0.2) is 47.6 Å². The Hall–Kier alpha value is -1.41. The summed E-state index contributed by atoms with van der Waals surface area (Å²) in [6, 6.07) is 0. The Morgan fingerprint density at radius 3 is 1.94 bits per heavy atom. The van der Waals surface area contributed by atoms with Gasteiger partial charge in [-0.1, -0.05) is 6.92 Å². The van der Waals surface area contributed by atoms with Gasteiger partial charge in [0.05, 0.1) is 5.92 Å². The lowest BCUT2D eigenvalue weighted by atomic mass is 10.1. The van der Waals surface area contributed by atoms with Crippen LogP contribution in [0.5, 0.6) is 0 Å². The topological polar surface area (TPSA) is 57.6 Å². The molecule has 1 unspecified atom stereocenters. The van der Waals surface area contributed by atoms with Gasteiger partial charge in [-0.3, -0.25) is 9.59 Å². The molecule has 1 amide bonds. The van der Waals surface area contributed by atoms with Crippen LogP contribution in [0.2, 0.25) is 0 Å². The van der Waals surface area contributed by atoms with Gasteiger partial charge < -0.3 is 10.0 Å². The number of nitrogens with zero attached hydrogens (tertiary/aromatic N) is 1. The molecule has 0 aromatic carbocycles. The number of carbonyl (C=O) groups excluding carboxylic acids is 1. The maximum absolute atomic E-state index is 12.6. The smallest absolute Gasteiger partial charge is 0.463 e. The summed E-state index contributed by atoms with van der Waals surface area (Å²) in [5, 5.41) is 8.43. The number of hydrogen-bond acceptors (Lipinski definition) is 2. The van der Waals surface area contributed by atoms with Crippen molar-refractivity contribution in [2.24, 2.45) is 5.92 Å². The average molecular weight is 263 g/mol. The van der Waals surface area contributed by atoms with Crippen LogP contribution in [0.1, 0.15) is 6.92 Å². The zero-order valence-electron chi connectivity index (χ0n) is 8.89. The molecule has 0 aliphatic carbocycles. The van der Waals surface area contributed by atoms with Crippen molar-refractivity contribution < 1.29 is 36.6 Å². The van der Waals surface area contributed by atoms with Crippen LogP contribution in [0.4, 0.5) is 22.0 Å². The van der Waals surface area contributed by atoms with Gasteiger partial charge in [-0.25, -0.2) is 0 Å². The van der Waals surface area contributed by atoms with E-state index in [1.54, 1.807) is 0 Å². The van der Waals surface area contributed by atoms with Crippen LogP contribution in [0.3, 0.4) is 0 Å². The molecule has 0 heterocycles. The fraction of sp³-hybridized carbons (Fsp3) is 0.750. The van der Waals surface area contributed by atoms with Crippen LogP contribution in [0.15, 0.2) is 0 Å². The van der Waals surface area contributed by atoms with E-state index in [0.717, 1.165) is 6.92 Å². The van der Waals surface area contributed by atoms with Crippen LogP contribution in [-0.2, 0) is 9.59 Å². The Kier molecular flexibility index (Phi) is 4.44. The van der Waals surface area contributed by atoms with E-state index in [1.165, 1.54) is 0 Å². The largest absolute Gasteiger partial charge is 0.481 e. The highest BCUT2D eigenvalue weighted by molar-refractivity contribution is 5.84. The molecule has 1 N–H and O–H groups in total. The molecule has 4 nitrogen and oxygen atoms in total. The van der Waals surface area contributed by atoms with Crippen molar-refractivity contribution in [3.8, 4) is 0 Å². The van der Waals surface area contributed by atoms with Gasteiger partial charge in [0.2, 0.25) is 0 Å². The summed E-state index contributed by atoms with van der Waals surface area (Å²) in [6.45, 7) is 0.345. The van der Waals surface area contributed by atoms with Crippen molar-refractivity contribution in [1.82, 2.24) is 4.90 Å². The third kappa shape index (κ3) is 3.53. The molecule has 0 fully saturated rings. The molecule has 0 aromatic rings. The van der Waals surface area contributed by atoms with E-state index in [9.17, 15) is 31.5 Å². The fourth-order valence-corrected chi connectivity index (χ4v) is 0.933. The highest BCUT2D eigenvalue weighted by Crippen LogP contribution is 2.36. The molecule has 0 radical (unpaired) electrons. The molecule has 0 rings (SSSR count). The predicted octanol–water partition coefficient (Wildman–Crippen LogP) is 1.36. The van der Waals surface area contributed by atoms with Gasteiger partial charge in [-0.2, -0.15) is 22.0 Å². The standard InChI is InChI=1S/C8H10F5NO3/c1-4(5(15)16)3-14(2)6(17)7(9,10)8(11,12)13/h4H,3H2,1-2H3,(H,15,16). The number of halogens is 5. The van der Waals surface area contributed by atoms with Crippen LogP contribution in [0.25, 0.3) is 0 Å². The highest BCUT2D eigenvalue weighted by Gasteiger charge is 2.64. The number of carboxylic acid groups (broad SMARTS) is 1. The molecule has 0 bridgehead atoms. The Balaban J connectivity index is 4.78. The number of alkyl halides is 5. The molecule has 9 heteroatoms. The van der Waals surface area contributed by atoms with E-state index in [-0.39, 0.29) is 4.90 Å².